The van der Waals surface area contributed by atoms with Gasteiger partial charge < -0.3 is 14.4 Å². The number of hydrogen-bond donors (Lipinski definition) is 0. The van der Waals surface area contributed by atoms with Crippen LogP contribution in [0.5, 0.6) is 5.88 Å². The van der Waals surface area contributed by atoms with Crippen LogP contribution in [-0.2, 0) is 17.5 Å². The molecule has 1 saturated heterocycles. The molecule has 3 aromatic rings. The molecule has 0 saturated carbocycles. The number of ether oxygens (including phenoxy) is 2. The van der Waals surface area contributed by atoms with Crippen molar-refractivity contribution in [3.8, 4) is 5.88 Å². The van der Waals surface area contributed by atoms with E-state index >= 15 is 0 Å². The quantitative estimate of drug-likeness (QED) is 0.604. The van der Waals surface area contributed by atoms with E-state index in [0.29, 0.717) is 44.2 Å². The number of fused-ring (bicyclic) bond motifs is 1. The summed E-state index contributed by atoms with van der Waals surface area (Å²) in [5.41, 5.74) is -0.868. The standard InChI is InChI=1S/C20H22F3N5O2/c1-2-29-13-16-25-26-19-18(20(21,22)23)15(8-12-28(16)19)27-10-6-14(7-11-27)30-17-5-3-4-9-24-17/h3-5,8-9,12,14H,2,6-7,10-11,13H2,1H3. The molecule has 4 heterocycles. The van der Waals surface area contributed by atoms with E-state index in [2.05, 4.69) is 15.2 Å². The van der Waals surface area contributed by atoms with Gasteiger partial charge >= 0.3 is 6.18 Å². The fraction of sp³-hybridized carbons (Fsp3) is 0.450. The predicted octanol–water partition coefficient (Wildman–Crippen LogP) is 3.73. The zero-order chi connectivity index (χ0) is 21.1. The topological polar surface area (TPSA) is 64.8 Å². The van der Waals surface area contributed by atoms with Crippen molar-refractivity contribution in [1.29, 1.82) is 0 Å². The van der Waals surface area contributed by atoms with Crippen LogP contribution in [0.15, 0.2) is 36.7 Å². The molecule has 0 aromatic carbocycles. The number of pyridine rings is 2. The molecule has 0 aliphatic carbocycles. The van der Waals surface area contributed by atoms with Gasteiger partial charge in [0.25, 0.3) is 0 Å². The van der Waals surface area contributed by atoms with Crippen molar-refractivity contribution in [2.75, 3.05) is 24.6 Å². The molecule has 1 fully saturated rings. The highest BCUT2D eigenvalue weighted by Gasteiger charge is 2.39. The van der Waals surface area contributed by atoms with Crippen LogP contribution in [0.3, 0.4) is 0 Å². The number of piperidine rings is 1. The molecule has 160 valence electrons. The van der Waals surface area contributed by atoms with Gasteiger partial charge in [0.1, 0.15) is 18.3 Å². The Kier molecular flexibility index (Phi) is 5.76. The van der Waals surface area contributed by atoms with Crippen molar-refractivity contribution < 1.29 is 22.6 Å². The third kappa shape index (κ3) is 4.18. The van der Waals surface area contributed by atoms with Gasteiger partial charge in [0.2, 0.25) is 5.88 Å². The van der Waals surface area contributed by atoms with Crippen LogP contribution < -0.4 is 9.64 Å². The second-order valence-electron chi connectivity index (χ2n) is 6.99. The lowest BCUT2D eigenvalue weighted by Crippen LogP contribution is -2.39. The van der Waals surface area contributed by atoms with Gasteiger partial charge in [-0.25, -0.2) is 4.98 Å². The Morgan fingerprint density at radius 1 is 1.13 bits per heavy atom. The van der Waals surface area contributed by atoms with Crippen molar-refractivity contribution >= 4 is 11.3 Å². The van der Waals surface area contributed by atoms with Gasteiger partial charge in [-0.2, -0.15) is 13.2 Å². The molecule has 0 radical (unpaired) electrons. The average molecular weight is 421 g/mol. The summed E-state index contributed by atoms with van der Waals surface area (Å²) in [6.07, 6.45) is -0.226. The molecule has 0 atom stereocenters. The first kappa shape index (κ1) is 20.4. The Morgan fingerprint density at radius 3 is 2.60 bits per heavy atom. The zero-order valence-corrected chi connectivity index (χ0v) is 16.5. The monoisotopic (exact) mass is 421 g/mol. The van der Waals surface area contributed by atoms with E-state index in [-0.39, 0.29) is 24.0 Å². The van der Waals surface area contributed by atoms with Gasteiger partial charge in [0.05, 0.1) is 5.69 Å². The lowest BCUT2D eigenvalue weighted by molar-refractivity contribution is -0.136. The van der Waals surface area contributed by atoms with Crippen LogP contribution in [0, 0.1) is 0 Å². The highest BCUT2D eigenvalue weighted by Crippen LogP contribution is 2.40. The normalized spacial score (nSPS) is 15.7. The summed E-state index contributed by atoms with van der Waals surface area (Å²) < 4.78 is 54.4. The number of alkyl halides is 3. The van der Waals surface area contributed by atoms with Crippen molar-refractivity contribution in [1.82, 2.24) is 19.6 Å². The average Bonchev–Trinajstić information content (AvgIpc) is 3.15. The Balaban J connectivity index is 1.56. The second kappa shape index (κ2) is 8.47. The van der Waals surface area contributed by atoms with E-state index in [0.717, 1.165) is 0 Å². The smallest absolute Gasteiger partial charge is 0.422 e. The molecule has 10 heteroatoms. The Hall–Kier alpha value is -2.88. The van der Waals surface area contributed by atoms with Gasteiger partial charge in [-0.15, -0.1) is 10.2 Å². The highest BCUT2D eigenvalue weighted by atomic mass is 19.4. The maximum absolute atomic E-state index is 14.0. The molecular formula is C20H22F3N5O2. The van der Waals surface area contributed by atoms with Crippen LogP contribution in [0.1, 0.15) is 31.2 Å². The van der Waals surface area contributed by atoms with E-state index < -0.39 is 11.7 Å². The van der Waals surface area contributed by atoms with E-state index in [1.165, 1.54) is 10.5 Å². The van der Waals surface area contributed by atoms with E-state index in [4.69, 9.17) is 9.47 Å². The summed E-state index contributed by atoms with van der Waals surface area (Å²) in [5, 5.41) is 7.71. The zero-order valence-electron chi connectivity index (χ0n) is 16.5. The SMILES string of the molecule is CCOCc1nnc2c(C(F)(F)F)c(N3CCC(Oc4ccccn4)CC3)ccn12. The van der Waals surface area contributed by atoms with Gasteiger partial charge in [0.15, 0.2) is 11.5 Å². The number of hydrogen-bond acceptors (Lipinski definition) is 6. The largest absolute Gasteiger partial charge is 0.474 e. The highest BCUT2D eigenvalue weighted by molar-refractivity contribution is 5.67. The summed E-state index contributed by atoms with van der Waals surface area (Å²) in [4.78, 5) is 5.88. The first-order valence-corrected chi connectivity index (χ1v) is 9.81. The molecule has 0 unspecified atom stereocenters. The fourth-order valence-electron chi connectivity index (χ4n) is 3.62. The summed E-state index contributed by atoms with van der Waals surface area (Å²) in [5.74, 6) is 0.866. The number of aromatic nitrogens is 4. The molecule has 0 bridgehead atoms. The molecule has 0 spiro atoms. The van der Waals surface area contributed by atoms with Crippen LogP contribution >= 0.6 is 0 Å². The van der Waals surface area contributed by atoms with Crippen molar-refractivity contribution in [3.63, 3.8) is 0 Å². The summed E-state index contributed by atoms with van der Waals surface area (Å²) >= 11 is 0. The van der Waals surface area contributed by atoms with Crippen molar-refractivity contribution in [3.05, 3.63) is 48.0 Å². The number of rotatable bonds is 6. The minimum atomic E-state index is -4.56. The van der Waals surface area contributed by atoms with E-state index in [1.807, 2.05) is 13.0 Å². The Morgan fingerprint density at radius 2 is 1.93 bits per heavy atom. The third-order valence-electron chi connectivity index (χ3n) is 5.05. The van der Waals surface area contributed by atoms with Crippen LogP contribution in [0.2, 0.25) is 0 Å². The maximum Gasteiger partial charge on any atom is 0.422 e. The fourth-order valence-corrected chi connectivity index (χ4v) is 3.62. The minimum Gasteiger partial charge on any atom is -0.474 e. The predicted molar refractivity (Wildman–Crippen MR) is 103 cm³/mol. The molecule has 1 aliphatic rings. The Labute approximate surface area is 171 Å². The molecule has 0 amide bonds. The van der Waals surface area contributed by atoms with Crippen molar-refractivity contribution in [2.45, 2.75) is 38.7 Å². The lowest BCUT2D eigenvalue weighted by atomic mass is 10.1. The van der Waals surface area contributed by atoms with Crippen LogP contribution in [0.4, 0.5) is 18.9 Å². The molecule has 4 rings (SSSR count). The van der Waals surface area contributed by atoms with E-state index in [1.54, 1.807) is 29.4 Å². The first-order valence-electron chi connectivity index (χ1n) is 9.81. The molecule has 7 nitrogen and oxygen atoms in total. The van der Waals surface area contributed by atoms with Gasteiger partial charge in [-0.05, 0) is 19.1 Å². The van der Waals surface area contributed by atoms with Gasteiger partial charge in [0, 0.05) is 51.0 Å². The number of anilines is 1. The summed E-state index contributed by atoms with van der Waals surface area (Å²) in [6, 6.07) is 6.89. The molecule has 0 N–H and O–H groups in total. The van der Waals surface area contributed by atoms with Crippen molar-refractivity contribution in [2.24, 2.45) is 0 Å². The number of nitrogens with zero attached hydrogens (tertiary/aromatic N) is 5. The second-order valence-corrected chi connectivity index (χ2v) is 6.99. The van der Waals surface area contributed by atoms with Crippen LogP contribution in [-0.4, -0.2) is 45.4 Å². The van der Waals surface area contributed by atoms with Crippen LogP contribution in [0.25, 0.3) is 5.65 Å². The minimum absolute atomic E-state index is 0.0832. The van der Waals surface area contributed by atoms with Gasteiger partial charge in [-0.3, -0.25) is 4.40 Å². The Bertz CT molecular complexity index is 985. The molecule has 30 heavy (non-hydrogen) atoms. The lowest BCUT2D eigenvalue weighted by Gasteiger charge is -2.34. The molecule has 1 aliphatic heterocycles. The third-order valence-corrected chi connectivity index (χ3v) is 5.05. The van der Waals surface area contributed by atoms with E-state index in [9.17, 15) is 13.2 Å². The first-order chi connectivity index (χ1) is 14.5. The number of halogens is 3. The summed E-state index contributed by atoms with van der Waals surface area (Å²) in [6.45, 7) is 3.23. The molecular weight excluding hydrogens is 399 g/mol. The summed E-state index contributed by atoms with van der Waals surface area (Å²) in [7, 11) is 0. The molecule has 3 aromatic heterocycles. The van der Waals surface area contributed by atoms with Gasteiger partial charge in [-0.1, -0.05) is 6.07 Å². The maximum atomic E-state index is 14.0.